The molecular weight excluding hydrogens is 322 g/mol. The summed E-state index contributed by atoms with van der Waals surface area (Å²) in [6.45, 7) is 9.04. The molecule has 3 aromatic rings. The lowest BCUT2D eigenvalue weighted by Crippen LogP contribution is -2.13. The summed E-state index contributed by atoms with van der Waals surface area (Å²) in [6.07, 6.45) is 0. The van der Waals surface area contributed by atoms with E-state index in [0.29, 0.717) is 22.6 Å². The van der Waals surface area contributed by atoms with Gasteiger partial charge in [-0.05, 0) is 19.1 Å². The van der Waals surface area contributed by atoms with Gasteiger partial charge >= 0.3 is 0 Å². The van der Waals surface area contributed by atoms with Crippen LogP contribution in [0.1, 0.15) is 39.4 Å². The summed E-state index contributed by atoms with van der Waals surface area (Å²) < 4.78 is 5.32. The Kier molecular flexibility index (Phi) is 4.71. The Bertz CT molecular complexity index is 840. The number of benzene rings is 1. The van der Waals surface area contributed by atoms with Crippen LogP contribution in [-0.4, -0.2) is 26.7 Å². The lowest BCUT2D eigenvalue weighted by atomic mass is 9.96. The molecule has 0 aliphatic carbocycles. The van der Waals surface area contributed by atoms with Gasteiger partial charge in [-0.25, -0.2) is 9.97 Å². The molecule has 1 N–H and O–H groups in total. The Hall–Kier alpha value is -2.15. The van der Waals surface area contributed by atoms with Crippen molar-refractivity contribution in [1.29, 1.82) is 0 Å². The number of anilines is 1. The van der Waals surface area contributed by atoms with E-state index >= 15 is 0 Å². The molecule has 0 aliphatic heterocycles. The molecule has 0 bridgehead atoms. The first kappa shape index (κ1) is 16.7. The van der Waals surface area contributed by atoms with Crippen molar-refractivity contribution in [1.82, 2.24) is 20.1 Å². The standard InChI is InChI=1S/C17H21N5OS/c1-5-18-14-11-8-6-7-9-12(11)19-16(21-14)24-10-13-20-15(22-23-13)17(2,3)4/h6-9H,5,10H2,1-4H3,(H,18,19,21). The first-order valence-corrected chi connectivity index (χ1v) is 8.92. The second-order valence-corrected chi connectivity index (χ2v) is 7.40. The molecule has 0 amide bonds. The van der Waals surface area contributed by atoms with Crippen LogP contribution in [0.3, 0.4) is 0 Å². The second kappa shape index (κ2) is 6.76. The molecule has 0 unspecified atom stereocenters. The predicted octanol–water partition coefficient (Wildman–Crippen LogP) is 4.03. The summed E-state index contributed by atoms with van der Waals surface area (Å²) >= 11 is 1.49. The highest BCUT2D eigenvalue weighted by molar-refractivity contribution is 7.98. The van der Waals surface area contributed by atoms with E-state index in [1.165, 1.54) is 11.8 Å². The van der Waals surface area contributed by atoms with E-state index in [1.54, 1.807) is 0 Å². The maximum atomic E-state index is 5.32. The first-order valence-electron chi connectivity index (χ1n) is 7.94. The van der Waals surface area contributed by atoms with Crippen molar-refractivity contribution < 1.29 is 4.52 Å². The highest BCUT2D eigenvalue weighted by atomic mass is 32.2. The van der Waals surface area contributed by atoms with Crippen molar-refractivity contribution in [2.45, 2.75) is 44.0 Å². The van der Waals surface area contributed by atoms with Crippen molar-refractivity contribution in [3.05, 3.63) is 36.0 Å². The van der Waals surface area contributed by atoms with E-state index in [4.69, 9.17) is 4.52 Å². The van der Waals surface area contributed by atoms with Crippen LogP contribution in [0.25, 0.3) is 10.9 Å². The molecule has 2 heterocycles. The monoisotopic (exact) mass is 343 g/mol. The minimum Gasteiger partial charge on any atom is -0.370 e. The molecular formula is C17H21N5OS. The van der Waals surface area contributed by atoms with E-state index in [2.05, 4.69) is 53.1 Å². The zero-order valence-electron chi connectivity index (χ0n) is 14.3. The fourth-order valence-electron chi connectivity index (χ4n) is 2.17. The quantitative estimate of drug-likeness (QED) is 0.553. The summed E-state index contributed by atoms with van der Waals surface area (Å²) in [5.41, 5.74) is 0.802. The normalized spacial score (nSPS) is 11.8. The highest BCUT2D eigenvalue weighted by Crippen LogP contribution is 2.26. The van der Waals surface area contributed by atoms with Gasteiger partial charge in [0.25, 0.3) is 0 Å². The zero-order chi connectivity index (χ0) is 17.2. The lowest BCUT2D eigenvalue weighted by Gasteiger charge is -2.10. The molecule has 0 fully saturated rings. The van der Waals surface area contributed by atoms with Gasteiger partial charge < -0.3 is 9.84 Å². The van der Waals surface area contributed by atoms with Crippen molar-refractivity contribution in [2.75, 3.05) is 11.9 Å². The summed E-state index contributed by atoms with van der Waals surface area (Å²) in [6, 6.07) is 7.99. The fourth-order valence-corrected chi connectivity index (χ4v) is 2.86. The second-order valence-electron chi connectivity index (χ2n) is 6.45. The third kappa shape index (κ3) is 3.67. The number of hydrogen-bond acceptors (Lipinski definition) is 7. The number of fused-ring (bicyclic) bond motifs is 1. The number of nitrogens with zero attached hydrogens (tertiary/aromatic N) is 4. The van der Waals surface area contributed by atoms with Crippen LogP contribution in [0.5, 0.6) is 0 Å². The van der Waals surface area contributed by atoms with Crippen molar-refractivity contribution >= 4 is 28.5 Å². The van der Waals surface area contributed by atoms with Crippen molar-refractivity contribution in [2.24, 2.45) is 0 Å². The summed E-state index contributed by atoms with van der Waals surface area (Å²) in [4.78, 5) is 13.7. The van der Waals surface area contributed by atoms with Gasteiger partial charge in [0.2, 0.25) is 5.89 Å². The van der Waals surface area contributed by atoms with Crippen LogP contribution >= 0.6 is 11.8 Å². The Labute approximate surface area is 145 Å². The summed E-state index contributed by atoms with van der Waals surface area (Å²) in [5, 5.41) is 9.06. The number of nitrogens with one attached hydrogen (secondary N) is 1. The number of hydrogen-bond donors (Lipinski definition) is 1. The Morgan fingerprint density at radius 2 is 1.92 bits per heavy atom. The van der Waals surface area contributed by atoms with Gasteiger partial charge in [0, 0.05) is 17.3 Å². The minimum absolute atomic E-state index is 0.121. The van der Waals surface area contributed by atoms with Crippen LogP contribution in [0, 0.1) is 0 Å². The van der Waals surface area contributed by atoms with Gasteiger partial charge in [-0.3, -0.25) is 0 Å². The van der Waals surface area contributed by atoms with Gasteiger partial charge in [0.1, 0.15) is 5.82 Å². The molecule has 7 heteroatoms. The average molecular weight is 343 g/mol. The minimum atomic E-state index is -0.121. The topological polar surface area (TPSA) is 76.7 Å². The SMILES string of the molecule is CCNc1nc(SCc2nc(C(C)(C)C)no2)nc2ccccc12. The molecule has 0 radical (unpaired) electrons. The van der Waals surface area contributed by atoms with E-state index in [-0.39, 0.29) is 5.41 Å². The zero-order valence-corrected chi connectivity index (χ0v) is 15.1. The molecule has 0 saturated heterocycles. The molecule has 6 nitrogen and oxygen atoms in total. The molecule has 3 rings (SSSR count). The first-order chi connectivity index (χ1) is 11.5. The number of para-hydroxylation sites is 1. The predicted molar refractivity (Wildman–Crippen MR) is 96.3 cm³/mol. The van der Waals surface area contributed by atoms with E-state index in [0.717, 1.165) is 23.3 Å². The van der Waals surface area contributed by atoms with Crippen LogP contribution in [0.15, 0.2) is 33.9 Å². The van der Waals surface area contributed by atoms with Crippen LogP contribution < -0.4 is 5.32 Å². The van der Waals surface area contributed by atoms with Gasteiger partial charge in [-0.1, -0.05) is 49.8 Å². The van der Waals surface area contributed by atoms with Crippen molar-refractivity contribution in [3.8, 4) is 0 Å². The largest absolute Gasteiger partial charge is 0.370 e. The van der Waals surface area contributed by atoms with Gasteiger partial charge in [-0.15, -0.1) is 0 Å². The molecule has 0 aliphatic rings. The average Bonchev–Trinajstić information content (AvgIpc) is 3.02. The smallest absolute Gasteiger partial charge is 0.237 e. The molecule has 0 saturated carbocycles. The molecule has 0 atom stereocenters. The summed E-state index contributed by atoms with van der Waals surface area (Å²) in [5.74, 6) is 2.71. The fraction of sp³-hybridized carbons (Fsp3) is 0.412. The van der Waals surface area contributed by atoms with E-state index < -0.39 is 0 Å². The molecule has 1 aromatic carbocycles. The van der Waals surface area contributed by atoms with Crippen LogP contribution in [0.2, 0.25) is 0 Å². The van der Waals surface area contributed by atoms with E-state index in [1.807, 2.05) is 24.3 Å². The highest BCUT2D eigenvalue weighted by Gasteiger charge is 2.21. The van der Waals surface area contributed by atoms with Gasteiger partial charge in [-0.2, -0.15) is 4.98 Å². The van der Waals surface area contributed by atoms with Crippen LogP contribution in [0.4, 0.5) is 5.82 Å². The van der Waals surface area contributed by atoms with Crippen LogP contribution in [-0.2, 0) is 11.2 Å². The number of rotatable bonds is 5. The summed E-state index contributed by atoms with van der Waals surface area (Å²) in [7, 11) is 0. The third-order valence-electron chi connectivity index (χ3n) is 3.39. The number of aromatic nitrogens is 4. The maximum absolute atomic E-state index is 5.32. The maximum Gasteiger partial charge on any atom is 0.237 e. The third-order valence-corrected chi connectivity index (χ3v) is 4.22. The molecule has 126 valence electrons. The Morgan fingerprint density at radius 3 is 2.62 bits per heavy atom. The lowest BCUT2D eigenvalue weighted by molar-refractivity contribution is 0.373. The van der Waals surface area contributed by atoms with Gasteiger partial charge in [0.15, 0.2) is 11.0 Å². The Balaban J connectivity index is 1.81. The molecule has 2 aromatic heterocycles. The molecule has 0 spiro atoms. The molecule has 24 heavy (non-hydrogen) atoms. The van der Waals surface area contributed by atoms with Gasteiger partial charge in [0.05, 0.1) is 11.3 Å². The van der Waals surface area contributed by atoms with E-state index in [9.17, 15) is 0 Å². The number of thioether (sulfide) groups is 1. The Morgan fingerprint density at radius 1 is 1.12 bits per heavy atom. The van der Waals surface area contributed by atoms with Crippen molar-refractivity contribution in [3.63, 3.8) is 0 Å².